The van der Waals surface area contributed by atoms with E-state index in [1.165, 1.54) is 0 Å². The van der Waals surface area contributed by atoms with Crippen molar-refractivity contribution in [2.45, 2.75) is 0 Å². The molecule has 0 spiro atoms. The fourth-order valence-corrected chi connectivity index (χ4v) is 8.61. The minimum Gasteiger partial charge on any atom is -0.373 e. The lowest BCUT2D eigenvalue weighted by atomic mass is 10.0. The van der Waals surface area contributed by atoms with Crippen LogP contribution in [0.5, 0.6) is 0 Å². The molecule has 3 rings (SSSR count). The van der Waals surface area contributed by atoms with Gasteiger partial charge in [0.1, 0.15) is 0 Å². The summed E-state index contributed by atoms with van der Waals surface area (Å²) in [6.45, 7) is 0. The van der Waals surface area contributed by atoms with Crippen molar-refractivity contribution in [2.75, 3.05) is 42.7 Å². The topological polar surface area (TPSA) is 55.4 Å². The zero-order valence-electron chi connectivity index (χ0n) is 17.1. The van der Waals surface area contributed by atoms with Gasteiger partial charge in [-0.05, 0) is 33.7 Å². The molecule has 0 radical (unpaired) electrons. The predicted octanol–water partition coefficient (Wildman–Crippen LogP) is 2.16. The van der Waals surface area contributed by atoms with Gasteiger partial charge in [0.2, 0.25) is 0 Å². The molecule has 0 saturated carbocycles. The first-order chi connectivity index (χ1) is 13.5. The van der Waals surface area contributed by atoms with Gasteiger partial charge in [0, 0.05) is 53.0 Å². The quantitative estimate of drug-likeness (QED) is 0.413. The average molecular weight is 419 g/mol. The molecule has 0 aliphatic heterocycles. The van der Waals surface area contributed by atoms with Gasteiger partial charge in [-0.25, -0.2) is 0 Å². The Morgan fingerprint density at radius 2 is 1.04 bits per heavy atom. The molecule has 0 atom stereocenters. The Balaban J connectivity index is 2.50. The van der Waals surface area contributed by atoms with E-state index in [1.54, 1.807) is 42.7 Å². The van der Waals surface area contributed by atoms with E-state index in [0.717, 1.165) is 31.9 Å². The van der Waals surface area contributed by atoms with E-state index in [4.69, 9.17) is 26.6 Å². The van der Waals surface area contributed by atoms with Crippen LogP contribution in [0.1, 0.15) is 0 Å². The molecule has 0 unspecified atom stereocenters. The maximum absolute atomic E-state index is 5.86. The first kappa shape index (κ1) is 21.1. The third-order valence-corrected chi connectivity index (χ3v) is 10.8. The van der Waals surface area contributed by atoms with Gasteiger partial charge >= 0.3 is 17.6 Å². The van der Waals surface area contributed by atoms with E-state index < -0.39 is 17.6 Å². The van der Waals surface area contributed by atoms with E-state index >= 15 is 0 Å². The van der Waals surface area contributed by atoms with E-state index in [-0.39, 0.29) is 0 Å². The van der Waals surface area contributed by atoms with Gasteiger partial charge < -0.3 is 26.6 Å². The Morgan fingerprint density at radius 1 is 0.536 bits per heavy atom. The molecular weight excluding hydrogens is 392 g/mol. The smallest absolute Gasteiger partial charge is 0.373 e. The maximum Gasteiger partial charge on any atom is 0.537 e. The molecule has 8 heteroatoms. The number of benzene rings is 3. The Hall–Kier alpha value is -1.63. The molecule has 0 saturated heterocycles. The Kier molecular flexibility index (Phi) is 6.32. The van der Waals surface area contributed by atoms with Gasteiger partial charge in [-0.1, -0.05) is 36.4 Å². The Labute approximate surface area is 167 Å². The van der Waals surface area contributed by atoms with Gasteiger partial charge in [0.05, 0.1) is 0 Å². The van der Waals surface area contributed by atoms with Crippen LogP contribution in [-0.4, -0.2) is 60.3 Å². The van der Waals surface area contributed by atoms with Gasteiger partial charge in [0.25, 0.3) is 0 Å². The summed E-state index contributed by atoms with van der Waals surface area (Å²) in [6, 6.07) is 16.5. The number of hydrogen-bond acceptors (Lipinski definition) is 6. The van der Waals surface area contributed by atoms with Crippen LogP contribution >= 0.6 is 0 Å². The molecule has 0 aliphatic rings. The van der Waals surface area contributed by atoms with Crippen molar-refractivity contribution in [3.8, 4) is 0 Å². The molecule has 0 N–H and O–H groups in total. The molecule has 0 aromatic heterocycles. The largest absolute Gasteiger partial charge is 0.537 e. The van der Waals surface area contributed by atoms with Crippen molar-refractivity contribution >= 4 is 49.5 Å². The average Bonchev–Trinajstić information content (AvgIpc) is 2.76. The van der Waals surface area contributed by atoms with Crippen LogP contribution in [0.4, 0.5) is 0 Å². The van der Waals surface area contributed by atoms with Crippen LogP contribution in [0.3, 0.4) is 0 Å². The lowest BCUT2D eigenvalue weighted by Crippen LogP contribution is -2.68. The lowest BCUT2D eigenvalue weighted by molar-refractivity contribution is 0.135. The van der Waals surface area contributed by atoms with E-state index in [0.29, 0.717) is 0 Å². The molecule has 28 heavy (non-hydrogen) atoms. The highest BCUT2D eigenvalue weighted by atomic mass is 28.4. The molecule has 0 bridgehead atoms. The van der Waals surface area contributed by atoms with Gasteiger partial charge in [-0.15, -0.1) is 0 Å². The summed E-state index contributed by atoms with van der Waals surface area (Å²) in [7, 11) is 3.11. The zero-order valence-corrected chi connectivity index (χ0v) is 19.1. The summed E-state index contributed by atoms with van der Waals surface area (Å²) < 4.78 is 34.9. The molecular formula is C20H26O6Si2. The van der Waals surface area contributed by atoms with Crippen molar-refractivity contribution in [3.63, 3.8) is 0 Å². The van der Waals surface area contributed by atoms with Gasteiger partial charge in [0.15, 0.2) is 0 Å². The molecule has 0 aliphatic carbocycles. The fourth-order valence-electron chi connectivity index (χ4n) is 3.73. The molecule has 150 valence electrons. The Bertz CT molecular complexity index is 953. The molecule has 0 fully saturated rings. The third-order valence-electron chi connectivity index (χ3n) is 5.13. The SMILES string of the molecule is CO[Si](OC)(OC)c1ccc2cc3ccccc3cc2c1[Si](OC)(OC)OC. The summed E-state index contributed by atoms with van der Waals surface area (Å²) in [5, 5.41) is 5.87. The monoisotopic (exact) mass is 418 g/mol. The number of fused-ring (bicyclic) bond motifs is 2. The van der Waals surface area contributed by atoms with Crippen molar-refractivity contribution < 1.29 is 26.6 Å². The Morgan fingerprint density at radius 3 is 1.54 bits per heavy atom. The van der Waals surface area contributed by atoms with E-state index in [2.05, 4.69) is 24.3 Å². The summed E-state index contributed by atoms with van der Waals surface area (Å²) in [4.78, 5) is 0. The minimum atomic E-state index is -3.25. The van der Waals surface area contributed by atoms with Crippen molar-refractivity contribution in [1.82, 2.24) is 0 Å². The highest BCUT2D eigenvalue weighted by Crippen LogP contribution is 2.25. The van der Waals surface area contributed by atoms with Gasteiger partial charge in [-0.2, -0.15) is 0 Å². The fraction of sp³-hybridized carbons (Fsp3) is 0.300. The molecule has 0 heterocycles. The normalized spacial score (nSPS) is 12.8. The molecule has 3 aromatic carbocycles. The maximum atomic E-state index is 5.86. The van der Waals surface area contributed by atoms with Crippen molar-refractivity contribution in [3.05, 3.63) is 48.5 Å². The summed E-state index contributed by atoms with van der Waals surface area (Å²) in [6.07, 6.45) is 0. The highest BCUT2D eigenvalue weighted by Gasteiger charge is 2.52. The molecule has 0 amide bonds. The second-order valence-corrected chi connectivity index (χ2v) is 12.0. The number of hydrogen-bond donors (Lipinski definition) is 0. The second kappa shape index (κ2) is 8.40. The van der Waals surface area contributed by atoms with Crippen LogP contribution in [0.2, 0.25) is 0 Å². The van der Waals surface area contributed by atoms with Crippen LogP contribution in [0.25, 0.3) is 21.5 Å². The van der Waals surface area contributed by atoms with Gasteiger partial charge in [-0.3, -0.25) is 0 Å². The molecule has 3 aromatic rings. The van der Waals surface area contributed by atoms with Crippen LogP contribution in [0.15, 0.2) is 48.5 Å². The minimum absolute atomic E-state index is 0.778. The predicted molar refractivity (Wildman–Crippen MR) is 114 cm³/mol. The van der Waals surface area contributed by atoms with Crippen molar-refractivity contribution in [1.29, 1.82) is 0 Å². The third kappa shape index (κ3) is 3.21. The summed E-state index contributed by atoms with van der Waals surface area (Å²) in [5.74, 6) is 0. The first-order valence-electron chi connectivity index (χ1n) is 8.82. The second-order valence-electron chi connectivity index (χ2n) is 6.25. The summed E-state index contributed by atoms with van der Waals surface area (Å²) >= 11 is 0. The first-order valence-corrected chi connectivity index (χ1v) is 12.3. The molecule has 6 nitrogen and oxygen atoms in total. The standard InChI is InChI=1S/C20H26O6Si2/c1-21-27(22-2,23-3)19-12-11-17-13-15-9-7-8-10-16(15)14-18(17)20(19)28(24-4,25-5)26-6/h7-14H,1-6H3. The van der Waals surface area contributed by atoms with Crippen molar-refractivity contribution in [2.24, 2.45) is 0 Å². The lowest BCUT2D eigenvalue weighted by Gasteiger charge is -2.32. The van der Waals surface area contributed by atoms with Crippen LogP contribution in [-0.2, 0) is 26.6 Å². The highest BCUT2D eigenvalue weighted by molar-refractivity contribution is 6.88. The zero-order chi connectivity index (χ0) is 20.4. The van der Waals surface area contributed by atoms with Crippen LogP contribution in [0, 0.1) is 0 Å². The van der Waals surface area contributed by atoms with Crippen LogP contribution < -0.4 is 10.4 Å². The van der Waals surface area contributed by atoms with E-state index in [9.17, 15) is 0 Å². The van der Waals surface area contributed by atoms with E-state index in [1.807, 2.05) is 24.3 Å². The number of rotatable bonds is 8. The summed E-state index contributed by atoms with van der Waals surface area (Å²) in [5.41, 5.74) is 0.